The molecule has 2 aromatic rings. The van der Waals surface area contributed by atoms with Gasteiger partial charge in [-0.1, -0.05) is 42.5 Å². The molecule has 1 unspecified atom stereocenters. The van der Waals surface area contributed by atoms with Crippen LogP contribution in [-0.2, 0) is 16.6 Å². The van der Waals surface area contributed by atoms with Crippen molar-refractivity contribution in [2.45, 2.75) is 18.3 Å². The van der Waals surface area contributed by atoms with Crippen LogP contribution < -0.4 is 4.74 Å². The van der Waals surface area contributed by atoms with Crippen LogP contribution in [0.4, 0.5) is 0 Å². The number of carboxylic acid groups (broad SMARTS) is 1. The van der Waals surface area contributed by atoms with Crippen LogP contribution in [0.2, 0.25) is 0 Å². The Morgan fingerprint density at radius 3 is 2.55 bits per heavy atom. The lowest BCUT2D eigenvalue weighted by Gasteiger charge is -2.26. The number of hydrogen-bond acceptors (Lipinski definition) is 3. The number of nitrogens with zero attached hydrogens (tertiary/aromatic N) is 1. The lowest BCUT2D eigenvalue weighted by molar-refractivity contribution is -0.138. The summed E-state index contributed by atoms with van der Waals surface area (Å²) in [5.74, 6) is -0.393. The first-order valence-corrected chi connectivity index (χ1v) is 6.91. The topological polar surface area (TPSA) is 70.3 Å². The number of carbonyl (C=O) groups is 1. The summed E-state index contributed by atoms with van der Waals surface area (Å²) in [6.45, 7) is 0. The molecule has 0 aliphatic heterocycles. The molecule has 0 aromatic heterocycles. The van der Waals surface area contributed by atoms with Gasteiger partial charge in [0.2, 0.25) is 0 Å². The molecule has 2 aromatic carbocycles. The van der Waals surface area contributed by atoms with Crippen LogP contribution >= 0.6 is 0 Å². The number of nitriles is 1. The third-order valence-electron chi connectivity index (χ3n) is 3.64. The van der Waals surface area contributed by atoms with Gasteiger partial charge in [-0.05, 0) is 29.7 Å². The number of methoxy groups -OCH3 is 1. The van der Waals surface area contributed by atoms with E-state index in [1.54, 1.807) is 31.4 Å². The van der Waals surface area contributed by atoms with E-state index in [2.05, 4.69) is 6.07 Å². The van der Waals surface area contributed by atoms with Gasteiger partial charge in [-0.15, -0.1) is 0 Å². The number of benzene rings is 2. The highest BCUT2D eigenvalue weighted by molar-refractivity contribution is 5.70. The van der Waals surface area contributed by atoms with Crippen LogP contribution in [0.5, 0.6) is 5.75 Å². The molecule has 0 saturated carbocycles. The minimum Gasteiger partial charge on any atom is -0.497 e. The summed E-state index contributed by atoms with van der Waals surface area (Å²) in [5.41, 5.74) is 0.454. The van der Waals surface area contributed by atoms with E-state index >= 15 is 0 Å². The number of ether oxygens (including phenoxy) is 1. The van der Waals surface area contributed by atoms with Crippen molar-refractivity contribution < 1.29 is 14.6 Å². The Bertz CT molecular complexity index is 691. The van der Waals surface area contributed by atoms with Gasteiger partial charge in [0.1, 0.15) is 5.75 Å². The molecule has 1 atom stereocenters. The largest absolute Gasteiger partial charge is 0.497 e. The highest BCUT2D eigenvalue weighted by Gasteiger charge is 2.35. The Morgan fingerprint density at radius 1 is 1.23 bits per heavy atom. The molecule has 0 heterocycles. The second kappa shape index (κ2) is 6.77. The van der Waals surface area contributed by atoms with Crippen LogP contribution in [0.1, 0.15) is 17.5 Å². The summed E-state index contributed by atoms with van der Waals surface area (Å²) in [5, 5.41) is 19.0. The highest BCUT2D eigenvalue weighted by atomic mass is 16.5. The molecule has 4 heteroatoms. The predicted molar refractivity (Wildman–Crippen MR) is 82.7 cm³/mol. The Labute approximate surface area is 129 Å². The molecule has 0 aliphatic carbocycles. The number of rotatable bonds is 6. The van der Waals surface area contributed by atoms with Crippen molar-refractivity contribution in [1.82, 2.24) is 0 Å². The zero-order chi connectivity index (χ0) is 16.0. The van der Waals surface area contributed by atoms with E-state index in [1.165, 1.54) is 0 Å². The summed E-state index contributed by atoms with van der Waals surface area (Å²) < 4.78 is 5.19. The van der Waals surface area contributed by atoms with Gasteiger partial charge in [0, 0.05) is 0 Å². The molecular formula is C18H17NO3. The monoisotopic (exact) mass is 295 g/mol. The lowest BCUT2D eigenvalue weighted by Crippen LogP contribution is -2.30. The number of hydrogen-bond donors (Lipinski definition) is 1. The number of carboxylic acids is 1. The van der Waals surface area contributed by atoms with Crippen molar-refractivity contribution in [3.05, 3.63) is 65.7 Å². The standard InChI is InChI=1S/C18H17NO3/c1-22-16-9-5-8-15(10-16)18(13-19,12-17(20)21)11-14-6-3-2-4-7-14/h2-10H,11-12H2,1H3,(H,20,21). The molecule has 0 radical (unpaired) electrons. The first kappa shape index (κ1) is 15.6. The Kier molecular flexibility index (Phi) is 4.80. The predicted octanol–water partition coefficient (Wildman–Crippen LogP) is 3.17. The molecule has 0 aliphatic rings. The van der Waals surface area contributed by atoms with Gasteiger partial charge in [-0.25, -0.2) is 0 Å². The summed E-state index contributed by atoms with van der Waals surface area (Å²) in [4.78, 5) is 11.3. The van der Waals surface area contributed by atoms with Gasteiger partial charge in [-0.2, -0.15) is 5.26 Å². The molecular weight excluding hydrogens is 278 g/mol. The van der Waals surface area contributed by atoms with E-state index in [1.807, 2.05) is 30.3 Å². The molecule has 2 rings (SSSR count). The van der Waals surface area contributed by atoms with E-state index in [0.29, 0.717) is 17.7 Å². The highest BCUT2D eigenvalue weighted by Crippen LogP contribution is 2.33. The minimum absolute atomic E-state index is 0.258. The maximum absolute atomic E-state index is 11.3. The molecule has 0 bridgehead atoms. The molecule has 1 N–H and O–H groups in total. The average molecular weight is 295 g/mol. The van der Waals surface area contributed by atoms with Crippen molar-refractivity contribution >= 4 is 5.97 Å². The van der Waals surface area contributed by atoms with Crippen molar-refractivity contribution in [3.8, 4) is 11.8 Å². The molecule has 0 amide bonds. The fourth-order valence-electron chi connectivity index (χ4n) is 2.53. The molecule has 112 valence electrons. The Morgan fingerprint density at radius 2 is 1.95 bits per heavy atom. The number of aliphatic carboxylic acids is 1. The third kappa shape index (κ3) is 3.44. The zero-order valence-electron chi connectivity index (χ0n) is 12.3. The van der Waals surface area contributed by atoms with E-state index in [4.69, 9.17) is 4.74 Å². The van der Waals surface area contributed by atoms with Gasteiger partial charge in [0.25, 0.3) is 0 Å². The molecule has 0 fully saturated rings. The summed E-state index contributed by atoms with van der Waals surface area (Å²) in [6.07, 6.45) is 0.0787. The van der Waals surface area contributed by atoms with E-state index in [-0.39, 0.29) is 6.42 Å². The minimum atomic E-state index is -1.12. The molecule has 0 saturated heterocycles. The van der Waals surface area contributed by atoms with Crippen molar-refractivity contribution in [2.24, 2.45) is 0 Å². The quantitative estimate of drug-likeness (QED) is 0.888. The van der Waals surface area contributed by atoms with Crippen LogP contribution in [0.25, 0.3) is 0 Å². The van der Waals surface area contributed by atoms with Crippen LogP contribution in [-0.4, -0.2) is 18.2 Å². The van der Waals surface area contributed by atoms with Crippen molar-refractivity contribution in [1.29, 1.82) is 5.26 Å². The van der Waals surface area contributed by atoms with E-state index in [0.717, 1.165) is 5.56 Å². The fraction of sp³-hybridized carbons (Fsp3) is 0.222. The fourth-order valence-corrected chi connectivity index (χ4v) is 2.53. The smallest absolute Gasteiger partial charge is 0.305 e. The van der Waals surface area contributed by atoms with Crippen LogP contribution in [0.15, 0.2) is 54.6 Å². The first-order chi connectivity index (χ1) is 10.6. The Balaban J connectivity index is 2.48. The summed E-state index contributed by atoms with van der Waals surface area (Å²) in [7, 11) is 1.54. The average Bonchev–Trinajstić information content (AvgIpc) is 2.54. The normalized spacial score (nSPS) is 12.9. The molecule has 0 spiro atoms. The van der Waals surface area contributed by atoms with Crippen LogP contribution in [0, 0.1) is 11.3 Å². The third-order valence-corrected chi connectivity index (χ3v) is 3.64. The Hall–Kier alpha value is -2.80. The first-order valence-electron chi connectivity index (χ1n) is 6.91. The van der Waals surface area contributed by atoms with Gasteiger partial charge < -0.3 is 9.84 Å². The summed E-state index contributed by atoms with van der Waals surface area (Å²) in [6, 6.07) is 18.7. The zero-order valence-corrected chi connectivity index (χ0v) is 12.3. The van der Waals surface area contributed by atoms with Gasteiger partial charge >= 0.3 is 5.97 Å². The summed E-state index contributed by atoms with van der Waals surface area (Å²) >= 11 is 0. The second-order valence-electron chi connectivity index (χ2n) is 5.16. The maximum atomic E-state index is 11.3. The van der Waals surface area contributed by atoms with Crippen molar-refractivity contribution in [3.63, 3.8) is 0 Å². The van der Waals surface area contributed by atoms with Gasteiger partial charge in [0.15, 0.2) is 0 Å². The van der Waals surface area contributed by atoms with E-state index in [9.17, 15) is 15.2 Å². The van der Waals surface area contributed by atoms with Crippen LogP contribution in [0.3, 0.4) is 0 Å². The molecule has 4 nitrogen and oxygen atoms in total. The molecule has 22 heavy (non-hydrogen) atoms. The lowest BCUT2D eigenvalue weighted by atomic mass is 9.74. The second-order valence-corrected chi connectivity index (χ2v) is 5.16. The SMILES string of the molecule is COc1cccc(C(C#N)(CC(=O)O)Cc2ccccc2)c1. The van der Waals surface area contributed by atoms with Crippen molar-refractivity contribution in [2.75, 3.05) is 7.11 Å². The van der Waals surface area contributed by atoms with E-state index < -0.39 is 11.4 Å². The van der Waals surface area contributed by atoms with Gasteiger partial charge in [0.05, 0.1) is 25.0 Å². The maximum Gasteiger partial charge on any atom is 0.305 e. The van der Waals surface area contributed by atoms with Gasteiger partial charge in [-0.3, -0.25) is 4.79 Å².